The van der Waals surface area contributed by atoms with Crippen molar-refractivity contribution in [2.24, 2.45) is 0 Å². The van der Waals surface area contributed by atoms with Gasteiger partial charge in [-0.2, -0.15) is 10.5 Å². The number of ether oxygens (including phenoxy) is 1. The van der Waals surface area contributed by atoms with E-state index in [9.17, 15) is 10.5 Å². The molecule has 0 atom stereocenters. The number of hydrogen-bond acceptors (Lipinski definition) is 3. The van der Waals surface area contributed by atoms with E-state index < -0.39 is 0 Å². The first-order valence-corrected chi connectivity index (χ1v) is 8.34. The van der Waals surface area contributed by atoms with Crippen LogP contribution in [0.4, 0.5) is 0 Å². The van der Waals surface area contributed by atoms with Crippen molar-refractivity contribution in [3.8, 4) is 23.6 Å². The first kappa shape index (κ1) is 18.6. The van der Waals surface area contributed by atoms with Crippen molar-refractivity contribution in [3.05, 3.63) is 58.7 Å². The molecule has 0 fully saturated rings. The minimum atomic E-state index is -0.106. The second kappa shape index (κ2) is 6.61. The van der Waals surface area contributed by atoms with Gasteiger partial charge in [-0.05, 0) is 34.6 Å². The van der Waals surface area contributed by atoms with Gasteiger partial charge in [-0.25, -0.2) is 0 Å². The molecular formula is C22H24N2O. The molecule has 2 aromatic rings. The summed E-state index contributed by atoms with van der Waals surface area (Å²) in [5.74, 6) is 1.14. The van der Waals surface area contributed by atoms with Gasteiger partial charge in [-0.1, -0.05) is 59.7 Å². The molecule has 2 rings (SSSR count). The van der Waals surface area contributed by atoms with Gasteiger partial charge in [0.2, 0.25) is 0 Å². The van der Waals surface area contributed by atoms with Crippen LogP contribution in [-0.2, 0) is 10.8 Å². The van der Waals surface area contributed by atoms with Crippen molar-refractivity contribution in [2.75, 3.05) is 0 Å². The number of nitriles is 2. The molecule has 0 saturated heterocycles. The summed E-state index contributed by atoms with van der Waals surface area (Å²) in [7, 11) is 0. The van der Waals surface area contributed by atoms with Gasteiger partial charge in [0.1, 0.15) is 29.2 Å². The fourth-order valence-electron chi connectivity index (χ4n) is 2.64. The van der Waals surface area contributed by atoms with Gasteiger partial charge in [0.15, 0.2) is 0 Å². The van der Waals surface area contributed by atoms with Crippen molar-refractivity contribution in [2.45, 2.75) is 52.4 Å². The van der Waals surface area contributed by atoms with Gasteiger partial charge < -0.3 is 4.74 Å². The minimum absolute atomic E-state index is 0.0128. The zero-order valence-electron chi connectivity index (χ0n) is 15.8. The van der Waals surface area contributed by atoms with Crippen molar-refractivity contribution in [1.82, 2.24) is 0 Å². The standard InChI is InChI=1S/C22H24N2O/c1-21(2,3)16-10-11-18(22(4,5)6)20(12-16)25-19-9-7-8-15(13-23)17(19)14-24/h7-12H,1-6H3. The van der Waals surface area contributed by atoms with Crippen molar-refractivity contribution < 1.29 is 4.74 Å². The molecule has 128 valence electrons. The highest BCUT2D eigenvalue weighted by Crippen LogP contribution is 2.38. The smallest absolute Gasteiger partial charge is 0.146 e. The molecular weight excluding hydrogens is 308 g/mol. The number of hydrogen-bond donors (Lipinski definition) is 0. The average Bonchev–Trinajstić information content (AvgIpc) is 2.52. The zero-order valence-corrected chi connectivity index (χ0v) is 15.8. The lowest BCUT2D eigenvalue weighted by atomic mass is 9.81. The Kier molecular flexibility index (Phi) is 4.91. The van der Waals surface area contributed by atoms with E-state index in [0.717, 1.165) is 16.9 Å². The van der Waals surface area contributed by atoms with Gasteiger partial charge in [0.05, 0.1) is 5.56 Å². The van der Waals surface area contributed by atoms with E-state index >= 15 is 0 Å². The molecule has 0 heterocycles. The Morgan fingerprint density at radius 1 is 0.800 bits per heavy atom. The van der Waals surface area contributed by atoms with E-state index in [1.807, 2.05) is 6.07 Å². The quantitative estimate of drug-likeness (QED) is 0.696. The highest BCUT2D eigenvalue weighted by molar-refractivity contribution is 5.56. The highest BCUT2D eigenvalue weighted by Gasteiger charge is 2.23. The Labute approximate surface area is 150 Å². The second-order valence-electron chi connectivity index (χ2n) is 8.22. The molecule has 0 aliphatic heterocycles. The number of nitrogens with zero attached hydrogens (tertiary/aromatic N) is 2. The van der Waals surface area contributed by atoms with Crippen molar-refractivity contribution in [1.29, 1.82) is 10.5 Å². The molecule has 0 saturated carbocycles. The highest BCUT2D eigenvalue weighted by atomic mass is 16.5. The van der Waals surface area contributed by atoms with Gasteiger partial charge in [-0.3, -0.25) is 0 Å². The topological polar surface area (TPSA) is 56.8 Å². The Balaban J connectivity index is 2.63. The summed E-state index contributed by atoms with van der Waals surface area (Å²) in [5.41, 5.74) is 2.69. The van der Waals surface area contributed by atoms with Crippen LogP contribution in [0.5, 0.6) is 11.5 Å². The van der Waals surface area contributed by atoms with E-state index in [4.69, 9.17) is 4.74 Å². The Bertz CT molecular complexity index is 869. The Morgan fingerprint density at radius 2 is 1.48 bits per heavy atom. The van der Waals surface area contributed by atoms with Crippen LogP contribution in [0.2, 0.25) is 0 Å². The van der Waals surface area contributed by atoms with Crippen LogP contribution in [0.3, 0.4) is 0 Å². The van der Waals surface area contributed by atoms with E-state index in [1.54, 1.807) is 18.2 Å². The maximum absolute atomic E-state index is 9.44. The average molecular weight is 332 g/mol. The van der Waals surface area contributed by atoms with E-state index in [0.29, 0.717) is 11.3 Å². The molecule has 0 aliphatic carbocycles. The first-order valence-electron chi connectivity index (χ1n) is 8.34. The molecule has 25 heavy (non-hydrogen) atoms. The lowest BCUT2D eigenvalue weighted by Crippen LogP contribution is -2.16. The maximum atomic E-state index is 9.44. The zero-order chi connectivity index (χ0) is 18.8. The largest absolute Gasteiger partial charge is 0.456 e. The van der Waals surface area contributed by atoms with Crippen LogP contribution < -0.4 is 4.74 Å². The lowest BCUT2D eigenvalue weighted by molar-refractivity contribution is 0.450. The van der Waals surface area contributed by atoms with Crippen molar-refractivity contribution >= 4 is 0 Å². The SMILES string of the molecule is CC(C)(C)c1ccc(C(C)(C)C)c(Oc2cccc(C#N)c2C#N)c1. The first-order chi connectivity index (χ1) is 11.6. The third kappa shape index (κ3) is 4.01. The molecule has 0 aliphatic rings. The Hall–Kier alpha value is -2.78. The number of benzene rings is 2. The van der Waals surface area contributed by atoms with Crippen LogP contribution >= 0.6 is 0 Å². The van der Waals surface area contributed by atoms with Gasteiger partial charge >= 0.3 is 0 Å². The molecule has 0 amide bonds. The van der Waals surface area contributed by atoms with E-state index in [1.165, 1.54) is 0 Å². The molecule has 0 radical (unpaired) electrons. The second-order valence-corrected chi connectivity index (χ2v) is 8.22. The fraction of sp³-hybridized carbons (Fsp3) is 0.364. The van der Waals surface area contributed by atoms with Crippen LogP contribution in [0.15, 0.2) is 36.4 Å². The molecule has 3 nitrogen and oxygen atoms in total. The van der Waals surface area contributed by atoms with Crippen LogP contribution in [-0.4, -0.2) is 0 Å². The van der Waals surface area contributed by atoms with Crippen molar-refractivity contribution in [3.63, 3.8) is 0 Å². The summed E-state index contributed by atoms with van der Waals surface area (Å²) < 4.78 is 6.16. The Morgan fingerprint density at radius 3 is 2.00 bits per heavy atom. The summed E-state index contributed by atoms with van der Waals surface area (Å²) >= 11 is 0. The maximum Gasteiger partial charge on any atom is 0.146 e. The monoisotopic (exact) mass is 332 g/mol. The third-order valence-corrected chi connectivity index (χ3v) is 4.13. The molecule has 0 bridgehead atoms. The molecule has 2 aromatic carbocycles. The predicted octanol–water partition coefficient (Wildman–Crippen LogP) is 5.82. The van der Waals surface area contributed by atoms with Gasteiger partial charge in [0.25, 0.3) is 0 Å². The molecule has 0 unspecified atom stereocenters. The lowest BCUT2D eigenvalue weighted by Gasteiger charge is -2.26. The summed E-state index contributed by atoms with van der Waals surface area (Å²) in [6, 6.07) is 15.5. The molecule has 0 spiro atoms. The summed E-state index contributed by atoms with van der Waals surface area (Å²) in [6.45, 7) is 12.8. The molecule has 0 N–H and O–H groups in total. The summed E-state index contributed by atoms with van der Waals surface area (Å²) in [5, 5.41) is 18.7. The van der Waals surface area contributed by atoms with Crippen LogP contribution in [0, 0.1) is 22.7 Å². The fourth-order valence-corrected chi connectivity index (χ4v) is 2.64. The summed E-state index contributed by atoms with van der Waals surface area (Å²) in [6.07, 6.45) is 0. The third-order valence-electron chi connectivity index (χ3n) is 4.13. The van der Waals surface area contributed by atoms with Gasteiger partial charge in [-0.15, -0.1) is 0 Å². The predicted molar refractivity (Wildman–Crippen MR) is 99.8 cm³/mol. The van der Waals surface area contributed by atoms with Crippen LogP contribution in [0.1, 0.15) is 63.8 Å². The van der Waals surface area contributed by atoms with Gasteiger partial charge in [0, 0.05) is 5.56 Å². The van der Waals surface area contributed by atoms with E-state index in [-0.39, 0.29) is 16.4 Å². The number of rotatable bonds is 2. The minimum Gasteiger partial charge on any atom is -0.456 e. The molecule has 0 aromatic heterocycles. The van der Waals surface area contributed by atoms with Crippen LogP contribution in [0.25, 0.3) is 0 Å². The normalized spacial score (nSPS) is 11.5. The van der Waals surface area contributed by atoms with E-state index in [2.05, 4.69) is 65.8 Å². The summed E-state index contributed by atoms with van der Waals surface area (Å²) in [4.78, 5) is 0. The molecule has 3 heteroatoms.